The normalized spacial score (nSPS) is 13.2. The quantitative estimate of drug-likeness (QED) is 0.166. The minimum absolute atomic E-state index is 0.414. The van der Waals surface area contributed by atoms with E-state index in [1.54, 1.807) is 0 Å². The largest absolute Gasteiger partial charge is 0.228 e. The molecule has 508 valence electrons. The maximum Gasteiger partial charge on any atom is 0.160 e. The Bertz CT molecular complexity index is 7190. The summed E-state index contributed by atoms with van der Waals surface area (Å²) in [5, 5.41) is 12.2. The number of hydrogen-bond acceptors (Lipinski definition) is 4. The molecule has 0 bridgehead atoms. The summed E-state index contributed by atoms with van der Waals surface area (Å²) in [7, 11) is 0. The fourth-order valence-electron chi connectivity index (χ4n) is 19.4. The number of nitrogens with zero attached hydrogens (tertiary/aromatic N) is 4. The van der Waals surface area contributed by atoms with E-state index in [-0.39, 0.29) is 0 Å². The van der Waals surface area contributed by atoms with Crippen molar-refractivity contribution in [3.63, 3.8) is 0 Å². The first-order chi connectivity index (χ1) is 54.5. The van der Waals surface area contributed by atoms with Gasteiger partial charge in [-0.05, 0) is 209 Å². The fourth-order valence-corrected chi connectivity index (χ4v) is 19.4. The molecule has 4 heteroatoms. The third-order valence-electron chi connectivity index (χ3n) is 24.1. The predicted octanol–water partition coefficient (Wildman–Crippen LogP) is 26.6. The van der Waals surface area contributed by atoms with E-state index < -0.39 is 10.8 Å². The Morgan fingerprint density at radius 1 is 0.164 bits per heavy atom. The lowest BCUT2D eigenvalue weighted by molar-refractivity contribution is 0.802. The Hall–Kier alpha value is -14.3. The van der Waals surface area contributed by atoms with Crippen molar-refractivity contribution in [1.29, 1.82) is 0 Å². The molecule has 0 amide bonds. The number of aromatic nitrogens is 4. The molecule has 0 aliphatic heterocycles. The van der Waals surface area contributed by atoms with E-state index in [1.807, 2.05) is 24.3 Å². The van der Waals surface area contributed by atoms with E-state index >= 15 is 0 Å². The first-order valence-electron chi connectivity index (χ1n) is 38.0. The van der Waals surface area contributed by atoms with Crippen LogP contribution in [-0.2, 0) is 10.8 Å². The Morgan fingerprint density at radius 3 is 0.982 bits per heavy atom. The van der Waals surface area contributed by atoms with Crippen LogP contribution in [0.15, 0.2) is 388 Å². The molecule has 0 unspecified atom stereocenters. The van der Waals surface area contributed by atoms with Gasteiger partial charge in [0.05, 0.1) is 33.3 Å². The molecule has 4 aliphatic rings. The Kier molecular flexibility index (Phi) is 13.6. The third-order valence-corrected chi connectivity index (χ3v) is 24.1. The fraction of sp³-hybridized carbons (Fsp3) is 0.0189. The van der Waals surface area contributed by atoms with Gasteiger partial charge in [0.25, 0.3) is 0 Å². The van der Waals surface area contributed by atoms with E-state index in [4.69, 9.17) is 19.9 Å². The molecule has 0 saturated heterocycles. The molecule has 18 aromatic carbocycles. The first-order valence-corrected chi connectivity index (χ1v) is 38.0. The zero-order valence-corrected chi connectivity index (χ0v) is 59.7. The van der Waals surface area contributed by atoms with Gasteiger partial charge in [0.1, 0.15) is 0 Å². The van der Waals surface area contributed by atoms with Crippen molar-refractivity contribution in [2.24, 2.45) is 0 Å². The van der Waals surface area contributed by atoms with Gasteiger partial charge in [0.2, 0.25) is 0 Å². The summed E-state index contributed by atoms with van der Waals surface area (Å²) in [5.74, 6) is 1.45. The first kappa shape index (κ1) is 61.9. The van der Waals surface area contributed by atoms with Crippen LogP contribution in [-0.4, -0.2) is 19.9 Å². The second-order valence-corrected chi connectivity index (χ2v) is 29.7. The Morgan fingerprint density at radius 2 is 0.509 bits per heavy atom. The molecule has 0 saturated carbocycles. The van der Waals surface area contributed by atoms with Gasteiger partial charge in [-0.25, -0.2) is 19.9 Å². The molecule has 4 aliphatic carbocycles. The van der Waals surface area contributed by atoms with E-state index in [0.717, 1.165) is 78.2 Å². The van der Waals surface area contributed by atoms with E-state index in [0.29, 0.717) is 0 Å². The summed E-state index contributed by atoms with van der Waals surface area (Å²) in [6.07, 6.45) is 0. The van der Waals surface area contributed by atoms with Crippen LogP contribution in [0.2, 0.25) is 0 Å². The van der Waals surface area contributed by atoms with Crippen molar-refractivity contribution in [2.45, 2.75) is 10.8 Å². The summed E-state index contributed by atoms with van der Waals surface area (Å²) in [5.41, 5.74) is 33.3. The molecule has 20 aromatic rings. The van der Waals surface area contributed by atoms with Crippen LogP contribution in [0.1, 0.15) is 44.5 Å². The molecule has 110 heavy (non-hydrogen) atoms. The van der Waals surface area contributed by atoms with Crippen LogP contribution >= 0.6 is 0 Å². The van der Waals surface area contributed by atoms with Crippen molar-refractivity contribution in [2.75, 3.05) is 0 Å². The standard InChI is InChI=1S/2C53H32N2/c1-2-14-34(15-3-1)51-44-21-8-11-24-49(44)54-52(55-51)38-17-12-16-35(29-38)36-25-26-37-31-45-43-28-27-33-13-4-5-18-40(33)50(43)53(48(45)32-39(37)30-36)46-22-9-6-19-41(46)42-20-7-10-23-47(42)53;1-2-13-35(14-3-1)51-44-18-8-11-21-49(44)54-52(55-51)36-24-22-33(23-25-36)37-26-27-38-31-45-43-29-28-34-12-4-5-15-40(34)50(43)53(48(45)32-39(38)30-37)46-19-9-6-16-41(46)42-17-7-10-20-47(42)53/h2*1-32H. The second kappa shape index (κ2) is 24.1. The third kappa shape index (κ3) is 9.08. The molecule has 24 rings (SSSR count). The molecule has 4 nitrogen and oxygen atoms in total. The maximum atomic E-state index is 5.17. The molecular formula is C106H64N4. The van der Waals surface area contributed by atoms with Gasteiger partial charge in [-0.2, -0.15) is 0 Å². The summed E-state index contributed by atoms with van der Waals surface area (Å²) < 4.78 is 0. The number of benzene rings is 18. The Labute approximate surface area is 636 Å². The smallest absolute Gasteiger partial charge is 0.160 e. The summed E-state index contributed by atoms with van der Waals surface area (Å²) in [6, 6.07) is 142. The van der Waals surface area contributed by atoms with Crippen LogP contribution in [0, 0.1) is 0 Å². The van der Waals surface area contributed by atoms with E-state index in [9.17, 15) is 0 Å². The number of hydrogen-bond donors (Lipinski definition) is 0. The van der Waals surface area contributed by atoms with Crippen LogP contribution in [0.3, 0.4) is 0 Å². The predicted molar refractivity (Wildman–Crippen MR) is 454 cm³/mol. The van der Waals surface area contributed by atoms with Gasteiger partial charge in [-0.15, -0.1) is 0 Å². The number of fused-ring (bicyclic) bond motifs is 28. The highest BCUT2D eigenvalue weighted by molar-refractivity contribution is 6.09. The van der Waals surface area contributed by atoms with Gasteiger partial charge in [-0.1, -0.05) is 334 Å². The van der Waals surface area contributed by atoms with Crippen LogP contribution < -0.4 is 0 Å². The number of rotatable bonds is 6. The van der Waals surface area contributed by atoms with Gasteiger partial charge in [0.15, 0.2) is 11.6 Å². The second-order valence-electron chi connectivity index (χ2n) is 29.7. The van der Waals surface area contributed by atoms with E-state index in [1.165, 1.54) is 143 Å². The average Bonchev–Trinajstić information content (AvgIpc) is 1.51. The van der Waals surface area contributed by atoms with Crippen molar-refractivity contribution in [1.82, 2.24) is 19.9 Å². The Balaban J connectivity index is 0.000000132. The molecule has 2 heterocycles. The lowest BCUT2D eigenvalue weighted by Crippen LogP contribution is -2.26. The van der Waals surface area contributed by atoms with Crippen LogP contribution in [0.25, 0.3) is 177 Å². The zero-order valence-electron chi connectivity index (χ0n) is 59.7. The van der Waals surface area contributed by atoms with Gasteiger partial charge >= 0.3 is 0 Å². The van der Waals surface area contributed by atoms with Crippen LogP contribution in [0.5, 0.6) is 0 Å². The van der Waals surface area contributed by atoms with Crippen molar-refractivity contribution >= 4 is 64.9 Å². The maximum absolute atomic E-state index is 5.17. The SMILES string of the molecule is c1ccc(-c2nc(-c3ccc(-c4ccc5cc6c(cc5c4)C4(c5ccccc5-c5ccccc54)c4c-6ccc5ccccc45)cc3)nc3ccccc23)cc1.c1ccc(-c2nc(-c3cccc(-c4ccc5cc6c(cc5c4)C4(c5ccccc5-c5ccccc54)c4c-6ccc5ccccc45)c3)nc3ccccc23)cc1. The average molecular weight is 1390 g/mol. The molecular weight excluding hydrogens is 1330 g/mol. The van der Waals surface area contributed by atoms with Gasteiger partial charge in [0, 0.05) is 33.0 Å². The summed E-state index contributed by atoms with van der Waals surface area (Å²) in [4.78, 5) is 20.3. The highest BCUT2D eigenvalue weighted by Gasteiger charge is 2.54. The van der Waals surface area contributed by atoms with Crippen molar-refractivity contribution in [3.8, 4) is 112 Å². The highest BCUT2D eigenvalue weighted by atomic mass is 14.9. The van der Waals surface area contributed by atoms with Crippen molar-refractivity contribution < 1.29 is 0 Å². The van der Waals surface area contributed by atoms with Crippen molar-refractivity contribution in [3.05, 3.63) is 433 Å². The molecule has 2 aromatic heterocycles. The molecule has 0 N–H and O–H groups in total. The highest BCUT2D eigenvalue weighted by Crippen LogP contribution is 2.67. The van der Waals surface area contributed by atoms with Gasteiger partial charge in [-0.3, -0.25) is 0 Å². The molecule has 0 radical (unpaired) electrons. The minimum atomic E-state index is -0.424. The monoisotopic (exact) mass is 1390 g/mol. The number of para-hydroxylation sites is 2. The molecule has 2 spiro atoms. The topological polar surface area (TPSA) is 51.6 Å². The lowest BCUT2D eigenvalue weighted by atomic mass is 9.69. The molecule has 0 atom stereocenters. The summed E-state index contributed by atoms with van der Waals surface area (Å²) >= 11 is 0. The lowest BCUT2D eigenvalue weighted by Gasteiger charge is -2.31. The zero-order chi connectivity index (χ0) is 72.2. The molecule has 0 fully saturated rings. The van der Waals surface area contributed by atoms with Crippen LogP contribution in [0.4, 0.5) is 0 Å². The van der Waals surface area contributed by atoms with E-state index in [2.05, 4.69) is 364 Å². The minimum Gasteiger partial charge on any atom is -0.228 e. The van der Waals surface area contributed by atoms with Gasteiger partial charge < -0.3 is 0 Å². The summed E-state index contributed by atoms with van der Waals surface area (Å²) in [6.45, 7) is 0.